The molecule has 1 saturated carbocycles. The summed E-state index contributed by atoms with van der Waals surface area (Å²) in [5.74, 6) is 0.655. The predicted octanol–water partition coefficient (Wildman–Crippen LogP) is 1.62. The van der Waals surface area contributed by atoms with Crippen molar-refractivity contribution in [3.63, 3.8) is 0 Å². The van der Waals surface area contributed by atoms with E-state index in [4.69, 9.17) is 10.8 Å². The third kappa shape index (κ3) is 3.35. The summed E-state index contributed by atoms with van der Waals surface area (Å²) >= 11 is 0. The molecule has 1 fully saturated rings. The molecule has 2 atom stereocenters. The molecule has 3 N–H and O–H groups in total. The minimum atomic E-state index is -0.668. The van der Waals surface area contributed by atoms with Crippen LogP contribution in [0.5, 0.6) is 0 Å². The fourth-order valence-electron chi connectivity index (χ4n) is 2.40. The highest BCUT2D eigenvalue weighted by molar-refractivity contribution is 5.66. The van der Waals surface area contributed by atoms with Gasteiger partial charge in [-0.2, -0.15) is 0 Å². The maximum atomic E-state index is 10.4. The van der Waals surface area contributed by atoms with Crippen molar-refractivity contribution in [2.45, 2.75) is 38.5 Å². The van der Waals surface area contributed by atoms with Crippen molar-refractivity contribution in [3.05, 3.63) is 0 Å². The first-order valence-electron chi connectivity index (χ1n) is 5.16. The standard InChI is InChI=1S/C10H19NO2/c11-7-6-9-3-1-2-8(9)4-5-10(12)13/h8-9H,1-7,11H2,(H,12,13)/t8-,9+/m0/s1. The van der Waals surface area contributed by atoms with Gasteiger partial charge in [0.25, 0.3) is 0 Å². The molecule has 0 aromatic carbocycles. The van der Waals surface area contributed by atoms with E-state index in [9.17, 15) is 4.79 Å². The molecular weight excluding hydrogens is 166 g/mol. The highest BCUT2D eigenvalue weighted by atomic mass is 16.4. The van der Waals surface area contributed by atoms with Gasteiger partial charge in [0, 0.05) is 6.42 Å². The van der Waals surface area contributed by atoms with Crippen molar-refractivity contribution >= 4 is 5.97 Å². The van der Waals surface area contributed by atoms with Gasteiger partial charge in [-0.3, -0.25) is 4.79 Å². The van der Waals surface area contributed by atoms with Gasteiger partial charge in [0.2, 0.25) is 0 Å². The van der Waals surface area contributed by atoms with Crippen molar-refractivity contribution in [3.8, 4) is 0 Å². The van der Waals surface area contributed by atoms with E-state index >= 15 is 0 Å². The summed E-state index contributed by atoms with van der Waals surface area (Å²) in [5.41, 5.74) is 5.51. The Morgan fingerprint density at radius 1 is 1.31 bits per heavy atom. The van der Waals surface area contributed by atoms with Crippen LogP contribution in [-0.4, -0.2) is 17.6 Å². The average Bonchev–Trinajstić information content (AvgIpc) is 2.49. The Labute approximate surface area is 79.3 Å². The number of carbonyl (C=O) groups is 1. The van der Waals surface area contributed by atoms with Gasteiger partial charge >= 0.3 is 5.97 Å². The lowest BCUT2D eigenvalue weighted by Gasteiger charge is -2.17. The SMILES string of the molecule is NCC[C@H]1CCC[C@H]1CCC(=O)O. The lowest BCUT2D eigenvalue weighted by atomic mass is 9.89. The highest BCUT2D eigenvalue weighted by Gasteiger charge is 2.26. The largest absolute Gasteiger partial charge is 0.481 e. The lowest BCUT2D eigenvalue weighted by Crippen LogP contribution is -2.14. The Morgan fingerprint density at radius 3 is 2.46 bits per heavy atom. The van der Waals surface area contributed by atoms with E-state index in [-0.39, 0.29) is 0 Å². The number of aliphatic carboxylic acids is 1. The second-order valence-electron chi connectivity index (χ2n) is 3.96. The zero-order valence-electron chi connectivity index (χ0n) is 8.04. The third-order valence-electron chi connectivity index (χ3n) is 3.08. The van der Waals surface area contributed by atoms with Crippen molar-refractivity contribution in [1.29, 1.82) is 0 Å². The molecule has 0 heterocycles. The second-order valence-corrected chi connectivity index (χ2v) is 3.96. The van der Waals surface area contributed by atoms with Gasteiger partial charge in [-0.15, -0.1) is 0 Å². The van der Waals surface area contributed by atoms with Crippen LogP contribution in [0.15, 0.2) is 0 Å². The summed E-state index contributed by atoms with van der Waals surface area (Å²) in [6.07, 6.45) is 5.96. The van der Waals surface area contributed by atoms with E-state index < -0.39 is 5.97 Å². The van der Waals surface area contributed by atoms with Gasteiger partial charge in [-0.25, -0.2) is 0 Å². The summed E-state index contributed by atoms with van der Waals surface area (Å²) in [5, 5.41) is 8.57. The molecule has 0 saturated heterocycles. The molecule has 13 heavy (non-hydrogen) atoms. The molecule has 0 unspecified atom stereocenters. The van der Waals surface area contributed by atoms with Crippen LogP contribution in [-0.2, 0) is 4.79 Å². The minimum absolute atomic E-state index is 0.325. The van der Waals surface area contributed by atoms with Crippen LogP contribution < -0.4 is 5.73 Å². The quantitative estimate of drug-likeness (QED) is 0.684. The van der Waals surface area contributed by atoms with Crippen molar-refractivity contribution < 1.29 is 9.90 Å². The van der Waals surface area contributed by atoms with Crippen LogP contribution in [0.25, 0.3) is 0 Å². The molecule has 0 aliphatic heterocycles. The average molecular weight is 185 g/mol. The van der Waals surface area contributed by atoms with E-state index in [0.717, 1.165) is 19.4 Å². The first-order valence-corrected chi connectivity index (χ1v) is 5.16. The van der Waals surface area contributed by atoms with Gasteiger partial charge < -0.3 is 10.8 Å². The molecule has 76 valence electrons. The van der Waals surface area contributed by atoms with Crippen LogP contribution in [0, 0.1) is 11.8 Å². The van der Waals surface area contributed by atoms with Crippen LogP contribution >= 0.6 is 0 Å². The van der Waals surface area contributed by atoms with Gasteiger partial charge in [0.15, 0.2) is 0 Å². The number of hydrogen-bond donors (Lipinski definition) is 2. The van der Waals surface area contributed by atoms with E-state index in [1.807, 2.05) is 0 Å². The van der Waals surface area contributed by atoms with Crippen molar-refractivity contribution in [2.24, 2.45) is 17.6 Å². The number of carboxylic acids is 1. The summed E-state index contributed by atoms with van der Waals surface area (Å²) in [7, 11) is 0. The summed E-state index contributed by atoms with van der Waals surface area (Å²) < 4.78 is 0. The summed E-state index contributed by atoms with van der Waals surface area (Å²) in [4.78, 5) is 10.4. The maximum Gasteiger partial charge on any atom is 0.303 e. The molecule has 0 aromatic heterocycles. The van der Waals surface area contributed by atoms with Gasteiger partial charge in [-0.05, 0) is 31.2 Å². The van der Waals surface area contributed by atoms with Crippen LogP contribution in [0.2, 0.25) is 0 Å². The zero-order chi connectivity index (χ0) is 9.68. The first-order chi connectivity index (χ1) is 6.24. The smallest absolute Gasteiger partial charge is 0.303 e. The topological polar surface area (TPSA) is 63.3 Å². The molecular formula is C10H19NO2. The van der Waals surface area contributed by atoms with Crippen LogP contribution in [0.1, 0.15) is 38.5 Å². The second kappa shape index (κ2) is 5.22. The normalized spacial score (nSPS) is 27.8. The number of hydrogen-bond acceptors (Lipinski definition) is 2. The van der Waals surface area contributed by atoms with E-state index in [1.165, 1.54) is 19.3 Å². The Morgan fingerprint density at radius 2 is 1.92 bits per heavy atom. The summed E-state index contributed by atoms with van der Waals surface area (Å²) in [6.45, 7) is 0.744. The predicted molar refractivity (Wildman–Crippen MR) is 51.4 cm³/mol. The molecule has 3 nitrogen and oxygen atoms in total. The minimum Gasteiger partial charge on any atom is -0.481 e. The zero-order valence-corrected chi connectivity index (χ0v) is 8.04. The first kappa shape index (κ1) is 10.5. The third-order valence-corrected chi connectivity index (χ3v) is 3.08. The Balaban J connectivity index is 2.26. The molecule has 0 bridgehead atoms. The molecule has 1 aliphatic carbocycles. The molecule has 0 amide bonds. The lowest BCUT2D eigenvalue weighted by molar-refractivity contribution is -0.137. The van der Waals surface area contributed by atoms with Gasteiger partial charge in [0.1, 0.15) is 0 Å². The van der Waals surface area contributed by atoms with Crippen LogP contribution in [0.3, 0.4) is 0 Å². The fourth-order valence-corrected chi connectivity index (χ4v) is 2.40. The highest BCUT2D eigenvalue weighted by Crippen LogP contribution is 2.36. The Hall–Kier alpha value is -0.570. The summed E-state index contributed by atoms with van der Waals surface area (Å²) in [6, 6.07) is 0. The molecule has 1 aliphatic rings. The van der Waals surface area contributed by atoms with E-state index in [0.29, 0.717) is 18.3 Å². The maximum absolute atomic E-state index is 10.4. The van der Waals surface area contributed by atoms with Gasteiger partial charge in [0.05, 0.1) is 0 Å². The molecule has 0 spiro atoms. The molecule has 0 radical (unpaired) electrons. The number of nitrogens with two attached hydrogens (primary N) is 1. The van der Waals surface area contributed by atoms with E-state index in [2.05, 4.69) is 0 Å². The monoisotopic (exact) mass is 185 g/mol. The van der Waals surface area contributed by atoms with Gasteiger partial charge in [-0.1, -0.05) is 19.3 Å². The Bertz CT molecular complexity index is 170. The van der Waals surface area contributed by atoms with E-state index in [1.54, 1.807) is 0 Å². The molecule has 0 aromatic rings. The van der Waals surface area contributed by atoms with Crippen molar-refractivity contribution in [2.75, 3.05) is 6.54 Å². The van der Waals surface area contributed by atoms with Crippen LogP contribution in [0.4, 0.5) is 0 Å². The van der Waals surface area contributed by atoms with Crippen molar-refractivity contribution in [1.82, 2.24) is 0 Å². The number of carboxylic acid groups (broad SMARTS) is 1. The fraction of sp³-hybridized carbons (Fsp3) is 0.900. The molecule has 1 rings (SSSR count). The molecule has 3 heteroatoms. The number of rotatable bonds is 5. The Kier molecular flexibility index (Phi) is 4.22.